The van der Waals surface area contributed by atoms with Crippen LogP contribution in [0, 0.1) is 0 Å². The van der Waals surface area contributed by atoms with E-state index in [1.165, 1.54) is 0 Å². The smallest absolute Gasteiger partial charge is 0.254 e. The number of amides is 1. The van der Waals surface area contributed by atoms with Gasteiger partial charge in [-0.25, -0.2) is 0 Å². The average molecular weight is 303 g/mol. The second kappa shape index (κ2) is 5.92. The number of aryl methyl sites for hydroxylation is 2. The van der Waals surface area contributed by atoms with E-state index in [1.54, 1.807) is 24.1 Å². The van der Waals surface area contributed by atoms with Crippen LogP contribution >= 0.6 is 0 Å². The summed E-state index contributed by atoms with van der Waals surface area (Å²) in [6, 6.07) is 0.112. The fraction of sp³-hybridized carbons (Fsp3) is 0.533. The minimum Gasteiger partial charge on any atom is -0.361 e. The highest BCUT2D eigenvalue weighted by Gasteiger charge is 2.27. The van der Waals surface area contributed by atoms with Gasteiger partial charge in [-0.2, -0.15) is 5.10 Å². The van der Waals surface area contributed by atoms with E-state index >= 15 is 0 Å². The van der Waals surface area contributed by atoms with E-state index in [0.717, 1.165) is 42.8 Å². The first kappa shape index (κ1) is 14.8. The van der Waals surface area contributed by atoms with Gasteiger partial charge in [0.15, 0.2) is 0 Å². The van der Waals surface area contributed by atoms with Crippen molar-refractivity contribution >= 4 is 5.91 Å². The molecule has 0 saturated carbocycles. The molecule has 22 heavy (non-hydrogen) atoms. The van der Waals surface area contributed by atoms with Gasteiger partial charge >= 0.3 is 0 Å². The minimum atomic E-state index is -0.0767. The molecule has 1 amide bonds. The third-order valence-electron chi connectivity index (χ3n) is 3.89. The standard InChI is InChI=1S/C15H21N5O2/c1-19(2)9-13-12-6-11(4-5-14(12)22-18-13)17-15(21)10-7-16-20(3)8-10/h7-8,11H,4-6,9H2,1-3H3,(H,17,21). The van der Waals surface area contributed by atoms with Crippen LogP contribution < -0.4 is 5.32 Å². The molecule has 1 atom stereocenters. The zero-order valence-corrected chi connectivity index (χ0v) is 13.2. The summed E-state index contributed by atoms with van der Waals surface area (Å²) in [6.45, 7) is 0.752. The van der Waals surface area contributed by atoms with Gasteiger partial charge in [0.25, 0.3) is 5.91 Å². The molecule has 0 fully saturated rings. The van der Waals surface area contributed by atoms with Crippen molar-refractivity contribution in [1.29, 1.82) is 0 Å². The van der Waals surface area contributed by atoms with Crippen molar-refractivity contribution in [2.45, 2.75) is 31.8 Å². The molecular formula is C15H21N5O2. The number of fused-ring (bicyclic) bond motifs is 1. The second-order valence-corrected chi connectivity index (χ2v) is 6.08. The first-order valence-corrected chi connectivity index (χ1v) is 7.43. The van der Waals surface area contributed by atoms with Crippen molar-refractivity contribution in [3.8, 4) is 0 Å². The number of carbonyl (C=O) groups is 1. The number of nitrogens with zero attached hydrogens (tertiary/aromatic N) is 4. The lowest BCUT2D eigenvalue weighted by atomic mass is 9.92. The van der Waals surface area contributed by atoms with Crippen LogP contribution in [-0.2, 0) is 26.4 Å². The van der Waals surface area contributed by atoms with Gasteiger partial charge < -0.3 is 14.7 Å². The summed E-state index contributed by atoms with van der Waals surface area (Å²) >= 11 is 0. The molecule has 7 heteroatoms. The Labute approximate surface area is 129 Å². The van der Waals surface area contributed by atoms with Gasteiger partial charge in [-0.3, -0.25) is 9.48 Å². The Morgan fingerprint density at radius 3 is 3.05 bits per heavy atom. The van der Waals surface area contributed by atoms with Crippen LogP contribution in [-0.4, -0.2) is 45.9 Å². The molecule has 2 aromatic rings. The van der Waals surface area contributed by atoms with Crippen molar-refractivity contribution in [2.75, 3.05) is 14.1 Å². The van der Waals surface area contributed by atoms with Gasteiger partial charge in [0, 0.05) is 37.8 Å². The van der Waals surface area contributed by atoms with Crippen molar-refractivity contribution in [3.05, 3.63) is 35.0 Å². The lowest BCUT2D eigenvalue weighted by Crippen LogP contribution is -2.38. The average Bonchev–Trinajstić information content (AvgIpc) is 3.05. The third-order valence-corrected chi connectivity index (χ3v) is 3.89. The number of aromatic nitrogens is 3. The normalized spacial score (nSPS) is 17.5. The molecule has 0 aliphatic heterocycles. The summed E-state index contributed by atoms with van der Waals surface area (Å²) in [7, 11) is 5.81. The minimum absolute atomic E-state index is 0.0767. The van der Waals surface area contributed by atoms with Gasteiger partial charge in [-0.15, -0.1) is 0 Å². The first-order chi connectivity index (χ1) is 10.5. The molecule has 0 spiro atoms. The number of rotatable bonds is 4. The lowest BCUT2D eigenvalue weighted by molar-refractivity contribution is 0.0932. The summed E-state index contributed by atoms with van der Waals surface area (Å²) in [5.41, 5.74) is 2.71. The predicted octanol–water partition coefficient (Wildman–Crippen LogP) is 0.757. The van der Waals surface area contributed by atoms with Gasteiger partial charge in [0.1, 0.15) is 11.5 Å². The Morgan fingerprint density at radius 2 is 2.36 bits per heavy atom. The van der Waals surface area contributed by atoms with Crippen LogP contribution in [0.2, 0.25) is 0 Å². The Hall–Kier alpha value is -2.15. The quantitative estimate of drug-likeness (QED) is 0.902. The third kappa shape index (κ3) is 3.04. The fourth-order valence-corrected chi connectivity index (χ4v) is 2.82. The maximum absolute atomic E-state index is 12.2. The number of nitrogens with one attached hydrogen (secondary N) is 1. The monoisotopic (exact) mass is 303 g/mol. The molecule has 1 unspecified atom stereocenters. The van der Waals surface area contributed by atoms with E-state index in [1.807, 2.05) is 14.1 Å². The zero-order chi connectivity index (χ0) is 15.7. The molecule has 1 aliphatic carbocycles. The van der Waals surface area contributed by atoms with Crippen LogP contribution in [0.1, 0.15) is 33.8 Å². The topological polar surface area (TPSA) is 76.2 Å². The summed E-state index contributed by atoms with van der Waals surface area (Å²) in [6.07, 6.45) is 5.76. The lowest BCUT2D eigenvalue weighted by Gasteiger charge is -2.22. The molecule has 3 rings (SSSR count). The number of hydrogen-bond acceptors (Lipinski definition) is 5. The molecule has 7 nitrogen and oxygen atoms in total. The van der Waals surface area contributed by atoms with E-state index in [2.05, 4.69) is 20.5 Å². The Bertz CT molecular complexity index is 673. The molecule has 0 saturated heterocycles. The van der Waals surface area contributed by atoms with E-state index in [9.17, 15) is 4.79 Å². The number of hydrogen-bond donors (Lipinski definition) is 1. The highest BCUT2D eigenvalue weighted by Crippen LogP contribution is 2.25. The van der Waals surface area contributed by atoms with Crippen LogP contribution in [0.15, 0.2) is 16.9 Å². The first-order valence-electron chi connectivity index (χ1n) is 7.43. The summed E-state index contributed by atoms with van der Waals surface area (Å²) < 4.78 is 7.05. The van der Waals surface area contributed by atoms with E-state index in [0.29, 0.717) is 5.56 Å². The molecule has 2 aromatic heterocycles. The van der Waals surface area contributed by atoms with E-state index in [-0.39, 0.29) is 11.9 Å². The maximum Gasteiger partial charge on any atom is 0.254 e. The van der Waals surface area contributed by atoms with Gasteiger partial charge in [-0.05, 0) is 26.9 Å². The Balaban J connectivity index is 1.68. The van der Waals surface area contributed by atoms with Crippen molar-refractivity contribution in [3.63, 3.8) is 0 Å². The predicted molar refractivity (Wildman–Crippen MR) is 80.4 cm³/mol. The van der Waals surface area contributed by atoms with E-state index in [4.69, 9.17) is 4.52 Å². The van der Waals surface area contributed by atoms with Crippen LogP contribution in [0.5, 0.6) is 0 Å². The molecule has 1 aliphatic rings. The molecule has 0 bridgehead atoms. The van der Waals surface area contributed by atoms with Gasteiger partial charge in [0.05, 0.1) is 11.8 Å². The SMILES string of the molecule is CN(C)Cc1noc2c1CC(NC(=O)c1cnn(C)c1)CC2. The molecular weight excluding hydrogens is 282 g/mol. The van der Waals surface area contributed by atoms with Gasteiger partial charge in [-0.1, -0.05) is 5.16 Å². The Kier molecular flexibility index (Phi) is 3.98. The van der Waals surface area contributed by atoms with Crippen LogP contribution in [0.25, 0.3) is 0 Å². The van der Waals surface area contributed by atoms with Crippen molar-refractivity contribution in [2.24, 2.45) is 7.05 Å². The molecule has 118 valence electrons. The molecule has 0 radical (unpaired) electrons. The van der Waals surface area contributed by atoms with Crippen molar-refractivity contribution in [1.82, 2.24) is 25.2 Å². The maximum atomic E-state index is 12.2. The second-order valence-electron chi connectivity index (χ2n) is 6.08. The van der Waals surface area contributed by atoms with Crippen LogP contribution in [0.4, 0.5) is 0 Å². The number of carbonyl (C=O) groups excluding carboxylic acids is 1. The summed E-state index contributed by atoms with van der Waals surface area (Å²) in [5, 5.41) is 11.3. The molecule has 0 aromatic carbocycles. The van der Waals surface area contributed by atoms with E-state index < -0.39 is 0 Å². The van der Waals surface area contributed by atoms with Crippen molar-refractivity contribution < 1.29 is 9.32 Å². The summed E-state index contributed by atoms with van der Waals surface area (Å²) in [5.74, 6) is 0.885. The zero-order valence-electron chi connectivity index (χ0n) is 13.2. The highest BCUT2D eigenvalue weighted by molar-refractivity contribution is 5.93. The Morgan fingerprint density at radius 1 is 1.55 bits per heavy atom. The summed E-state index contributed by atoms with van der Waals surface area (Å²) in [4.78, 5) is 14.3. The largest absolute Gasteiger partial charge is 0.361 e. The molecule has 2 heterocycles. The van der Waals surface area contributed by atoms with Crippen LogP contribution in [0.3, 0.4) is 0 Å². The van der Waals surface area contributed by atoms with Gasteiger partial charge in [0.2, 0.25) is 0 Å². The highest BCUT2D eigenvalue weighted by atomic mass is 16.5. The fourth-order valence-electron chi connectivity index (χ4n) is 2.82. The molecule has 1 N–H and O–H groups in total.